The molecule has 148 valence electrons. The van der Waals surface area contributed by atoms with Gasteiger partial charge in [-0.25, -0.2) is 16.8 Å². The number of aryl methyl sites for hydroxylation is 3. The summed E-state index contributed by atoms with van der Waals surface area (Å²) in [7, 11) is -7.51. The lowest BCUT2D eigenvalue weighted by Gasteiger charge is -2.31. The second-order valence-electron chi connectivity index (χ2n) is 7.34. The molecular weight excluding hydrogens is 382 g/mol. The molecular formula is C20H27NO4S2. The highest BCUT2D eigenvalue weighted by atomic mass is 32.2. The molecule has 0 bridgehead atoms. The molecule has 0 aliphatic heterocycles. The predicted octanol–water partition coefficient (Wildman–Crippen LogP) is 3.93. The molecule has 2 aromatic rings. The van der Waals surface area contributed by atoms with Crippen LogP contribution in [0.15, 0.2) is 40.1 Å². The van der Waals surface area contributed by atoms with Crippen LogP contribution in [0.25, 0.3) is 0 Å². The summed E-state index contributed by atoms with van der Waals surface area (Å²) in [6.45, 7) is 10.6. The minimum absolute atomic E-state index is 0.0255. The Hall–Kier alpha value is -1.86. The number of benzene rings is 2. The van der Waals surface area contributed by atoms with Crippen molar-refractivity contribution in [2.75, 3.05) is 10.6 Å². The molecule has 0 radical (unpaired) electrons. The molecule has 0 saturated carbocycles. The molecule has 0 aliphatic rings. The van der Waals surface area contributed by atoms with Gasteiger partial charge in [0.25, 0.3) is 10.0 Å². The third kappa shape index (κ3) is 4.19. The first kappa shape index (κ1) is 21.4. The van der Waals surface area contributed by atoms with Gasteiger partial charge in [0.05, 0.1) is 15.5 Å². The van der Waals surface area contributed by atoms with Crippen LogP contribution >= 0.6 is 0 Å². The maximum Gasteiger partial charge on any atom is 0.264 e. The zero-order valence-corrected chi connectivity index (χ0v) is 18.5. The first-order valence-electron chi connectivity index (χ1n) is 8.69. The van der Waals surface area contributed by atoms with Crippen LogP contribution in [0, 0.1) is 27.7 Å². The largest absolute Gasteiger partial charge is 0.264 e. The number of rotatable bonds is 5. The van der Waals surface area contributed by atoms with Crippen LogP contribution in [-0.2, 0) is 19.9 Å². The van der Waals surface area contributed by atoms with E-state index in [1.165, 1.54) is 10.4 Å². The van der Waals surface area contributed by atoms with E-state index in [9.17, 15) is 16.8 Å². The average Bonchev–Trinajstić information content (AvgIpc) is 2.51. The maximum atomic E-state index is 13.6. The molecule has 0 amide bonds. The molecule has 2 aromatic carbocycles. The lowest BCUT2D eigenvalue weighted by Crippen LogP contribution is -2.38. The van der Waals surface area contributed by atoms with Gasteiger partial charge in [0.15, 0.2) is 9.84 Å². The Morgan fingerprint density at radius 3 is 1.89 bits per heavy atom. The molecule has 0 aromatic heterocycles. The van der Waals surface area contributed by atoms with Crippen LogP contribution < -0.4 is 4.31 Å². The Morgan fingerprint density at radius 2 is 1.37 bits per heavy atom. The fraction of sp³-hybridized carbons (Fsp3) is 0.400. The first-order chi connectivity index (χ1) is 12.3. The number of anilines is 1. The van der Waals surface area contributed by atoms with Gasteiger partial charge in [-0.05, 0) is 82.0 Å². The van der Waals surface area contributed by atoms with Gasteiger partial charge in [0.2, 0.25) is 0 Å². The summed E-state index contributed by atoms with van der Waals surface area (Å²) >= 11 is 0. The van der Waals surface area contributed by atoms with Crippen molar-refractivity contribution in [3.63, 3.8) is 0 Å². The molecule has 0 atom stereocenters. The van der Waals surface area contributed by atoms with Gasteiger partial charge < -0.3 is 0 Å². The van der Waals surface area contributed by atoms with Gasteiger partial charge in [-0.1, -0.05) is 12.1 Å². The van der Waals surface area contributed by atoms with Crippen molar-refractivity contribution in [3.8, 4) is 0 Å². The second kappa shape index (κ2) is 7.28. The van der Waals surface area contributed by atoms with Gasteiger partial charge >= 0.3 is 0 Å². The van der Waals surface area contributed by atoms with E-state index in [-0.39, 0.29) is 21.4 Å². The zero-order chi connectivity index (χ0) is 20.7. The van der Waals surface area contributed by atoms with E-state index in [0.29, 0.717) is 11.3 Å². The lowest BCUT2D eigenvalue weighted by molar-refractivity contribution is 0.582. The summed E-state index contributed by atoms with van der Waals surface area (Å²) in [5.41, 5.74) is 3.23. The number of hydrogen-bond donors (Lipinski definition) is 0. The van der Waals surface area contributed by atoms with Crippen molar-refractivity contribution < 1.29 is 16.8 Å². The quantitative estimate of drug-likeness (QED) is 0.750. The van der Waals surface area contributed by atoms with Crippen LogP contribution in [0.1, 0.15) is 36.1 Å². The summed E-state index contributed by atoms with van der Waals surface area (Å²) < 4.78 is 52.9. The highest BCUT2D eigenvalue weighted by Crippen LogP contribution is 2.33. The van der Waals surface area contributed by atoms with E-state index >= 15 is 0 Å². The molecule has 0 saturated heterocycles. The number of hydrogen-bond acceptors (Lipinski definition) is 4. The molecule has 5 nitrogen and oxygen atoms in total. The van der Waals surface area contributed by atoms with Gasteiger partial charge in [0, 0.05) is 12.3 Å². The summed E-state index contributed by atoms with van der Waals surface area (Å²) in [6, 6.07) is 8.39. The second-order valence-corrected chi connectivity index (χ2v) is 11.1. The van der Waals surface area contributed by atoms with Crippen molar-refractivity contribution >= 4 is 25.5 Å². The van der Waals surface area contributed by atoms with E-state index in [1.54, 1.807) is 19.9 Å². The maximum absolute atomic E-state index is 13.6. The highest BCUT2D eigenvalue weighted by Gasteiger charge is 2.32. The van der Waals surface area contributed by atoms with E-state index in [0.717, 1.165) is 17.4 Å². The summed E-state index contributed by atoms with van der Waals surface area (Å²) in [6.07, 6.45) is 1.09. The zero-order valence-electron chi connectivity index (χ0n) is 16.9. The van der Waals surface area contributed by atoms with E-state index in [4.69, 9.17) is 0 Å². The van der Waals surface area contributed by atoms with E-state index in [2.05, 4.69) is 0 Å². The van der Waals surface area contributed by atoms with Crippen LogP contribution in [0.5, 0.6) is 0 Å². The van der Waals surface area contributed by atoms with Gasteiger partial charge in [-0.3, -0.25) is 4.31 Å². The molecule has 0 fully saturated rings. The first-order valence-corrected chi connectivity index (χ1v) is 12.0. The minimum Gasteiger partial charge on any atom is -0.264 e. The van der Waals surface area contributed by atoms with Crippen LogP contribution in [-0.4, -0.2) is 29.1 Å². The minimum atomic E-state index is -3.96. The Bertz CT molecular complexity index is 1090. The van der Waals surface area contributed by atoms with Gasteiger partial charge in [-0.15, -0.1) is 0 Å². The topological polar surface area (TPSA) is 71.5 Å². The molecule has 27 heavy (non-hydrogen) atoms. The van der Waals surface area contributed by atoms with Crippen LogP contribution in [0.3, 0.4) is 0 Å². The summed E-state index contributed by atoms with van der Waals surface area (Å²) in [5.74, 6) is 0. The molecule has 0 aliphatic carbocycles. The number of sulfone groups is 1. The summed E-state index contributed by atoms with van der Waals surface area (Å²) in [4.78, 5) is 0.0725. The van der Waals surface area contributed by atoms with Crippen molar-refractivity contribution in [1.82, 2.24) is 0 Å². The predicted molar refractivity (Wildman–Crippen MR) is 110 cm³/mol. The summed E-state index contributed by atoms with van der Waals surface area (Å²) in [5, 5.41) is 0. The number of sulfonamides is 1. The lowest BCUT2D eigenvalue weighted by atomic mass is 10.1. The molecule has 0 spiro atoms. The highest BCUT2D eigenvalue weighted by molar-refractivity contribution is 7.93. The standard InChI is InChI=1S/C20H27NO4S2/c1-13(2)21(18-10-14(3)8-9-16(18)5)27(24,25)20-12-15(4)11-19(17(20)6)26(7,22)23/h8-13H,1-7H3. The van der Waals surface area contributed by atoms with Crippen molar-refractivity contribution in [3.05, 3.63) is 52.6 Å². The van der Waals surface area contributed by atoms with E-state index < -0.39 is 19.9 Å². The third-order valence-electron chi connectivity index (χ3n) is 4.46. The van der Waals surface area contributed by atoms with Crippen molar-refractivity contribution in [1.29, 1.82) is 0 Å². The van der Waals surface area contributed by atoms with Crippen LogP contribution in [0.4, 0.5) is 5.69 Å². The van der Waals surface area contributed by atoms with Crippen molar-refractivity contribution in [2.45, 2.75) is 57.4 Å². The average molecular weight is 410 g/mol. The normalized spacial score (nSPS) is 12.4. The molecule has 0 heterocycles. The molecule has 0 unspecified atom stereocenters. The van der Waals surface area contributed by atoms with Crippen LogP contribution in [0.2, 0.25) is 0 Å². The molecule has 0 N–H and O–H groups in total. The smallest absolute Gasteiger partial charge is 0.264 e. The van der Waals surface area contributed by atoms with E-state index in [1.807, 2.05) is 45.9 Å². The number of nitrogens with zero attached hydrogens (tertiary/aromatic N) is 1. The Balaban J connectivity index is 2.83. The fourth-order valence-corrected chi connectivity index (χ4v) is 6.38. The Labute approximate surface area is 163 Å². The van der Waals surface area contributed by atoms with Gasteiger partial charge in [-0.2, -0.15) is 0 Å². The van der Waals surface area contributed by atoms with Crippen molar-refractivity contribution in [2.24, 2.45) is 0 Å². The monoisotopic (exact) mass is 409 g/mol. The molecule has 2 rings (SSSR count). The Morgan fingerprint density at radius 1 is 0.815 bits per heavy atom. The third-order valence-corrected chi connectivity index (χ3v) is 7.80. The fourth-order valence-electron chi connectivity index (χ4n) is 3.19. The SMILES string of the molecule is Cc1ccc(C)c(N(C(C)C)S(=O)(=O)c2cc(C)cc(S(C)(=O)=O)c2C)c1. The Kier molecular flexibility index (Phi) is 5.78. The molecule has 7 heteroatoms. The van der Waals surface area contributed by atoms with Gasteiger partial charge in [0.1, 0.15) is 0 Å².